The Balaban J connectivity index is 2.19. The van der Waals surface area contributed by atoms with Crippen molar-refractivity contribution < 1.29 is 12.3 Å². The third-order valence-electron chi connectivity index (χ3n) is 1.16. The first kappa shape index (κ1) is 8.37. The Morgan fingerprint density at radius 3 is 2.70 bits per heavy atom. The molecule has 1 rings (SSSR count). The maximum absolute atomic E-state index is 5.36. The van der Waals surface area contributed by atoms with Crippen LogP contribution in [0.25, 0.3) is 0 Å². The van der Waals surface area contributed by atoms with Crippen LogP contribution in [0.2, 0.25) is 0 Å². The van der Waals surface area contributed by atoms with Crippen molar-refractivity contribution in [2.45, 2.75) is 13.3 Å². The first-order valence-electron chi connectivity index (χ1n) is 3.41. The van der Waals surface area contributed by atoms with E-state index >= 15 is 0 Å². The highest BCUT2D eigenvalue weighted by atomic mass is 28.4. The molecule has 58 valence electrons. The lowest BCUT2D eigenvalue weighted by atomic mass is 10.5. The molecule has 1 saturated heterocycles. The summed E-state index contributed by atoms with van der Waals surface area (Å²) in [6, 6.07) is 0. The van der Waals surface area contributed by atoms with E-state index in [0.717, 1.165) is 6.42 Å². The van der Waals surface area contributed by atoms with Gasteiger partial charge in [0, 0.05) is 0 Å². The van der Waals surface area contributed by atoms with Crippen LogP contribution in [-0.2, 0) is 12.3 Å². The summed E-state index contributed by atoms with van der Waals surface area (Å²) >= 11 is 0. The average Bonchev–Trinajstić information content (AvgIpc) is 2.03. The Morgan fingerprint density at radius 2 is 2.10 bits per heavy atom. The summed E-state index contributed by atoms with van der Waals surface area (Å²) in [4.78, 5) is 0. The molecule has 0 aromatic rings. The molecule has 0 saturated carbocycles. The van der Waals surface area contributed by atoms with Crippen LogP contribution < -0.4 is 0 Å². The SMILES string of the molecule is CCC=C[SiH]1O[SiH2]O[SiH2]O1. The minimum Gasteiger partial charge on any atom is -0.425 e. The zero-order chi connectivity index (χ0) is 7.23. The van der Waals surface area contributed by atoms with Crippen molar-refractivity contribution >= 4 is 29.3 Å². The van der Waals surface area contributed by atoms with Gasteiger partial charge in [-0.2, -0.15) is 0 Å². The standard InChI is InChI=1S/C4H12O3Si3/c1-2-3-4-10-6-8-5-9-7-10/h3-4,10H,2,8-9H2,1H3. The number of hydrogen-bond donors (Lipinski definition) is 0. The van der Waals surface area contributed by atoms with Gasteiger partial charge in [-0.25, -0.2) is 0 Å². The van der Waals surface area contributed by atoms with Crippen molar-refractivity contribution in [3.05, 3.63) is 11.8 Å². The average molecular weight is 192 g/mol. The summed E-state index contributed by atoms with van der Waals surface area (Å²) in [6.45, 7) is 2.11. The third-order valence-corrected chi connectivity index (χ3v) is 6.80. The normalized spacial score (nSPS) is 32.3. The van der Waals surface area contributed by atoms with Gasteiger partial charge in [0.15, 0.2) is 0 Å². The molecule has 1 aliphatic rings. The molecule has 6 heteroatoms. The number of hydrogen-bond acceptors (Lipinski definition) is 3. The van der Waals surface area contributed by atoms with Gasteiger partial charge in [0.25, 0.3) is 20.0 Å². The molecule has 0 atom stereocenters. The second-order valence-corrected chi connectivity index (χ2v) is 7.87. The quantitative estimate of drug-likeness (QED) is 0.513. The molecule has 1 aliphatic heterocycles. The fraction of sp³-hybridized carbons (Fsp3) is 0.500. The van der Waals surface area contributed by atoms with E-state index in [9.17, 15) is 0 Å². The van der Waals surface area contributed by atoms with Crippen LogP contribution >= 0.6 is 0 Å². The summed E-state index contributed by atoms with van der Waals surface area (Å²) < 4.78 is 15.8. The summed E-state index contributed by atoms with van der Waals surface area (Å²) in [6.07, 6.45) is 3.19. The molecule has 3 nitrogen and oxygen atoms in total. The highest BCUT2D eigenvalue weighted by Gasteiger charge is 2.13. The van der Waals surface area contributed by atoms with Crippen LogP contribution in [0.5, 0.6) is 0 Å². The topological polar surface area (TPSA) is 27.7 Å². The molecular weight excluding hydrogens is 180 g/mol. The first-order chi connectivity index (χ1) is 4.93. The predicted molar refractivity (Wildman–Crippen MR) is 46.9 cm³/mol. The maximum atomic E-state index is 5.36. The van der Waals surface area contributed by atoms with Crippen molar-refractivity contribution in [3.63, 3.8) is 0 Å². The van der Waals surface area contributed by atoms with Crippen molar-refractivity contribution in [3.8, 4) is 0 Å². The summed E-state index contributed by atoms with van der Waals surface area (Å²) in [5.74, 6) is 0. The van der Waals surface area contributed by atoms with E-state index in [0.29, 0.717) is 0 Å². The number of rotatable bonds is 2. The lowest BCUT2D eigenvalue weighted by Crippen LogP contribution is -2.33. The smallest absolute Gasteiger partial charge is 0.329 e. The molecule has 0 aromatic carbocycles. The van der Waals surface area contributed by atoms with E-state index in [1.54, 1.807) is 0 Å². The van der Waals surface area contributed by atoms with E-state index in [1.165, 1.54) is 0 Å². The highest BCUT2D eigenvalue weighted by Crippen LogP contribution is 1.96. The van der Waals surface area contributed by atoms with Crippen LogP contribution in [-0.4, -0.2) is 29.3 Å². The molecule has 10 heavy (non-hydrogen) atoms. The molecule has 0 spiro atoms. The monoisotopic (exact) mass is 192 g/mol. The second-order valence-electron chi connectivity index (χ2n) is 1.98. The van der Waals surface area contributed by atoms with Crippen molar-refractivity contribution in [1.29, 1.82) is 0 Å². The Kier molecular flexibility index (Phi) is 4.18. The molecule has 0 radical (unpaired) electrons. The van der Waals surface area contributed by atoms with Gasteiger partial charge in [0.2, 0.25) is 0 Å². The van der Waals surface area contributed by atoms with E-state index < -0.39 is 29.3 Å². The van der Waals surface area contributed by atoms with Gasteiger partial charge in [-0.1, -0.05) is 18.7 Å². The molecule has 0 N–H and O–H groups in total. The third kappa shape index (κ3) is 2.90. The van der Waals surface area contributed by atoms with E-state index in [1.807, 2.05) is 0 Å². The highest BCUT2D eigenvalue weighted by molar-refractivity contribution is 6.64. The molecular formula is C4H12O3Si3. The molecule has 0 unspecified atom stereocenters. The zero-order valence-electron chi connectivity index (χ0n) is 6.08. The van der Waals surface area contributed by atoms with Crippen molar-refractivity contribution in [1.82, 2.24) is 0 Å². The van der Waals surface area contributed by atoms with Gasteiger partial charge in [-0.15, -0.1) is 0 Å². The van der Waals surface area contributed by atoms with E-state index in [2.05, 4.69) is 18.7 Å². The molecule has 0 amide bonds. The predicted octanol–water partition coefficient (Wildman–Crippen LogP) is -1.23. The maximum Gasteiger partial charge on any atom is 0.329 e. The Morgan fingerprint density at radius 1 is 1.40 bits per heavy atom. The molecule has 0 aromatic heterocycles. The van der Waals surface area contributed by atoms with Crippen LogP contribution in [0.3, 0.4) is 0 Å². The van der Waals surface area contributed by atoms with Gasteiger partial charge in [0.05, 0.1) is 0 Å². The minimum atomic E-state index is -1.33. The summed E-state index contributed by atoms with van der Waals surface area (Å²) in [5, 5.41) is 0. The van der Waals surface area contributed by atoms with Crippen molar-refractivity contribution in [2.24, 2.45) is 0 Å². The van der Waals surface area contributed by atoms with Gasteiger partial charge < -0.3 is 12.3 Å². The summed E-state index contributed by atoms with van der Waals surface area (Å²) in [7, 11) is -2.57. The van der Waals surface area contributed by atoms with Gasteiger partial charge in [-0.3, -0.25) is 0 Å². The van der Waals surface area contributed by atoms with E-state index in [-0.39, 0.29) is 0 Å². The number of allylic oxidation sites excluding steroid dienone is 1. The summed E-state index contributed by atoms with van der Waals surface area (Å²) in [5.41, 5.74) is 2.10. The molecule has 1 fully saturated rings. The molecule has 1 heterocycles. The lowest BCUT2D eigenvalue weighted by molar-refractivity contribution is 0.332. The zero-order valence-corrected chi connectivity index (χ0v) is 10.1. The van der Waals surface area contributed by atoms with Crippen LogP contribution in [0, 0.1) is 0 Å². The Hall–Kier alpha value is 0.271. The molecule has 0 bridgehead atoms. The largest absolute Gasteiger partial charge is 0.425 e. The van der Waals surface area contributed by atoms with Crippen LogP contribution in [0.15, 0.2) is 11.8 Å². The second kappa shape index (κ2) is 4.99. The fourth-order valence-corrected chi connectivity index (χ4v) is 7.15. The Bertz CT molecular complexity index is 112. The van der Waals surface area contributed by atoms with E-state index in [4.69, 9.17) is 12.3 Å². The molecule has 0 aliphatic carbocycles. The van der Waals surface area contributed by atoms with Gasteiger partial charge in [-0.05, 0) is 6.42 Å². The van der Waals surface area contributed by atoms with Crippen molar-refractivity contribution in [2.75, 3.05) is 0 Å². The minimum absolute atomic E-state index is 0.620. The Labute approximate surface area is 67.3 Å². The van der Waals surface area contributed by atoms with Crippen LogP contribution in [0.1, 0.15) is 13.3 Å². The van der Waals surface area contributed by atoms with Gasteiger partial charge >= 0.3 is 9.28 Å². The first-order valence-corrected chi connectivity index (χ1v) is 7.33. The lowest BCUT2D eigenvalue weighted by Gasteiger charge is -2.19. The van der Waals surface area contributed by atoms with Gasteiger partial charge in [0.1, 0.15) is 0 Å². The van der Waals surface area contributed by atoms with Crippen LogP contribution in [0.4, 0.5) is 0 Å². The fourth-order valence-electron chi connectivity index (χ4n) is 0.671.